The number of benzene rings is 1. The molecule has 1 saturated carbocycles. The Morgan fingerprint density at radius 3 is 2.55 bits per heavy atom. The number of hydrogen-bond acceptors (Lipinski definition) is 3. The van der Waals surface area contributed by atoms with E-state index >= 15 is 0 Å². The zero-order valence-corrected chi connectivity index (χ0v) is 16.7. The van der Waals surface area contributed by atoms with Gasteiger partial charge in [-0.05, 0) is 55.1 Å². The minimum Gasteiger partial charge on any atom is -0.481 e. The third-order valence-corrected chi connectivity index (χ3v) is 6.31. The number of halogens is 1. The molecule has 0 amide bonds. The van der Waals surface area contributed by atoms with E-state index in [0.29, 0.717) is 19.3 Å². The number of carboxylic acid groups (broad SMARTS) is 1. The Morgan fingerprint density at radius 1 is 1.21 bits per heavy atom. The summed E-state index contributed by atoms with van der Waals surface area (Å²) in [6.07, 6.45) is 8.57. The van der Waals surface area contributed by atoms with Crippen LogP contribution in [0.3, 0.4) is 0 Å². The van der Waals surface area contributed by atoms with E-state index in [-0.39, 0.29) is 24.7 Å². The third-order valence-electron chi connectivity index (χ3n) is 6.31. The number of allylic oxidation sites excluding steroid dienone is 3. The Hall–Kier alpha value is -1.98. The highest BCUT2D eigenvalue weighted by Gasteiger charge is 2.40. The topological polar surface area (TPSA) is 77.8 Å². The van der Waals surface area contributed by atoms with Gasteiger partial charge in [0.25, 0.3) is 0 Å². The maximum absolute atomic E-state index is 14.5. The lowest BCUT2D eigenvalue weighted by molar-refractivity contribution is -0.137. The number of aliphatic carboxylic acids is 1. The van der Waals surface area contributed by atoms with E-state index in [4.69, 9.17) is 5.11 Å². The van der Waals surface area contributed by atoms with Crippen LogP contribution in [0.1, 0.15) is 43.2 Å². The van der Waals surface area contributed by atoms with Crippen molar-refractivity contribution in [3.8, 4) is 0 Å². The van der Waals surface area contributed by atoms with Crippen molar-refractivity contribution in [2.75, 3.05) is 0 Å². The van der Waals surface area contributed by atoms with E-state index in [1.54, 1.807) is 12.2 Å². The van der Waals surface area contributed by atoms with Crippen LogP contribution in [0.2, 0.25) is 0 Å². The molecule has 1 aromatic carbocycles. The zero-order chi connectivity index (χ0) is 20.8. The van der Waals surface area contributed by atoms with Crippen LogP contribution < -0.4 is 0 Å². The summed E-state index contributed by atoms with van der Waals surface area (Å²) < 4.78 is 14.5. The standard InChI is InChI=1S/C24H31FO4/c25-21-15-23(27)20(9-3-1-2-4-10-24(28)29)19(21)11-12-22(26)18-13-16-7-5-6-8-17(16)14-18/h1,3,5-8,11-12,18-23,26-27H,2,4,9-10,13-15H2,(H,28,29)/b3-1+,12-11+/t19-,20-,21+,22+,23+/m1/s1. The molecule has 0 heterocycles. The number of aliphatic hydroxyl groups is 2. The molecule has 0 spiro atoms. The average molecular weight is 403 g/mol. The minimum atomic E-state index is -1.11. The highest BCUT2D eigenvalue weighted by molar-refractivity contribution is 5.66. The van der Waals surface area contributed by atoms with Crippen molar-refractivity contribution in [3.63, 3.8) is 0 Å². The van der Waals surface area contributed by atoms with Crippen LogP contribution in [0.15, 0.2) is 48.6 Å². The smallest absolute Gasteiger partial charge is 0.303 e. The third kappa shape index (κ3) is 5.77. The lowest BCUT2D eigenvalue weighted by Gasteiger charge is -2.20. The van der Waals surface area contributed by atoms with Gasteiger partial charge >= 0.3 is 5.97 Å². The van der Waals surface area contributed by atoms with Crippen molar-refractivity contribution in [1.82, 2.24) is 0 Å². The molecule has 5 atom stereocenters. The van der Waals surface area contributed by atoms with Crippen LogP contribution in [0.4, 0.5) is 4.39 Å². The van der Waals surface area contributed by atoms with Gasteiger partial charge < -0.3 is 15.3 Å². The molecular formula is C24H31FO4. The maximum atomic E-state index is 14.5. The van der Waals surface area contributed by atoms with Crippen LogP contribution in [0.25, 0.3) is 0 Å². The second-order valence-corrected chi connectivity index (χ2v) is 8.37. The molecule has 5 heteroatoms. The summed E-state index contributed by atoms with van der Waals surface area (Å²) in [5.41, 5.74) is 2.55. The van der Waals surface area contributed by atoms with Crippen LogP contribution in [-0.2, 0) is 17.6 Å². The maximum Gasteiger partial charge on any atom is 0.303 e. The number of hydrogen-bond donors (Lipinski definition) is 3. The fourth-order valence-corrected chi connectivity index (χ4v) is 4.64. The van der Waals surface area contributed by atoms with E-state index < -0.39 is 30.3 Å². The molecule has 0 unspecified atom stereocenters. The lowest BCUT2D eigenvalue weighted by Crippen LogP contribution is -2.21. The van der Waals surface area contributed by atoms with Gasteiger partial charge in [0.15, 0.2) is 0 Å². The number of fused-ring (bicyclic) bond motifs is 1. The molecule has 3 N–H and O–H groups in total. The van der Waals surface area contributed by atoms with Crippen molar-refractivity contribution < 1.29 is 24.5 Å². The van der Waals surface area contributed by atoms with Gasteiger partial charge in [-0.25, -0.2) is 4.39 Å². The Balaban J connectivity index is 1.53. The van der Waals surface area contributed by atoms with E-state index in [1.165, 1.54) is 11.1 Å². The molecule has 3 rings (SSSR count). The van der Waals surface area contributed by atoms with Gasteiger partial charge in [-0.15, -0.1) is 0 Å². The van der Waals surface area contributed by atoms with E-state index in [0.717, 1.165) is 12.8 Å². The largest absolute Gasteiger partial charge is 0.481 e. The molecular weight excluding hydrogens is 371 g/mol. The number of rotatable bonds is 9. The molecule has 158 valence electrons. The summed E-state index contributed by atoms with van der Waals surface area (Å²) in [5.74, 6) is -1.32. The normalized spacial score (nSPS) is 28.4. The minimum absolute atomic E-state index is 0.112. The fourth-order valence-electron chi connectivity index (χ4n) is 4.64. The molecule has 1 aromatic rings. The summed E-state index contributed by atoms with van der Waals surface area (Å²) in [4.78, 5) is 10.5. The van der Waals surface area contributed by atoms with Crippen LogP contribution >= 0.6 is 0 Å². The Labute approximate surface area is 171 Å². The summed E-state index contributed by atoms with van der Waals surface area (Å²) in [7, 11) is 0. The SMILES string of the molecule is O=C(O)CCC/C=C/C[C@@H]1[C@@H](/C=C/[C@H](O)C2Cc3ccccc3C2)[C@@H](F)C[C@@H]1O. The highest BCUT2D eigenvalue weighted by atomic mass is 19.1. The van der Waals surface area contributed by atoms with Crippen molar-refractivity contribution in [2.24, 2.45) is 17.8 Å². The van der Waals surface area contributed by atoms with Crippen LogP contribution in [0, 0.1) is 17.8 Å². The fraction of sp³-hybridized carbons (Fsp3) is 0.542. The summed E-state index contributed by atoms with van der Waals surface area (Å²) in [6, 6.07) is 8.21. The predicted octanol–water partition coefficient (Wildman–Crippen LogP) is 3.85. The summed E-state index contributed by atoms with van der Waals surface area (Å²) in [6.45, 7) is 0. The van der Waals surface area contributed by atoms with Gasteiger partial charge in [0.1, 0.15) is 6.17 Å². The molecule has 0 aliphatic heterocycles. The molecule has 0 saturated heterocycles. The molecule has 1 fully saturated rings. The van der Waals surface area contributed by atoms with Gasteiger partial charge in [0.2, 0.25) is 0 Å². The molecule has 29 heavy (non-hydrogen) atoms. The van der Waals surface area contributed by atoms with Crippen LogP contribution in [0.5, 0.6) is 0 Å². The Bertz CT molecular complexity index is 719. The zero-order valence-electron chi connectivity index (χ0n) is 16.7. The first-order valence-electron chi connectivity index (χ1n) is 10.6. The van der Waals surface area contributed by atoms with Gasteiger partial charge in [-0.2, -0.15) is 0 Å². The number of unbranched alkanes of at least 4 members (excludes halogenated alkanes) is 1. The van der Waals surface area contributed by atoms with Gasteiger partial charge in [0, 0.05) is 18.8 Å². The first-order chi connectivity index (χ1) is 14.0. The first-order valence-corrected chi connectivity index (χ1v) is 10.6. The second kappa shape index (κ2) is 10.2. The summed E-state index contributed by atoms with van der Waals surface area (Å²) >= 11 is 0. The highest BCUT2D eigenvalue weighted by Crippen LogP contribution is 2.38. The van der Waals surface area contributed by atoms with Gasteiger partial charge in [0.05, 0.1) is 12.2 Å². The number of aliphatic hydroxyl groups excluding tert-OH is 2. The second-order valence-electron chi connectivity index (χ2n) is 8.37. The summed E-state index contributed by atoms with van der Waals surface area (Å²) in [5, 5.41) is 29.5. The molecule has 2 aliphatic rings. The predicted molar refractivity (Wildman–Crippen MR) is 110 cm³/mol. The monoisotopic (exact) mass is 402 g/mol. The molecule has 2 aliphatic carbocycles. The van der Waals surface area contributed by atoms with E-state index in [2.05, 4.69) is 12.1 Å². The van der Waals surface area contributed by atoms with Gasteiger partial charge in [-0.3, -0.25) is 4.79 Å². The van der Waals surface area contributed by atoms with E-state index in [9.17, 15) is 19.4 Å². The first kappa shape index (κ1) is 21.7. The average Bonchev–Trinajstić information content (AvgIpc) is 3.23. The Kier molecular flexibility index (Phi) is 7.62. The Morgan fingerprint density at radius 2 is 1.90 bits per heavy atom. The number of carbonyl (C=O) groups is 1. The quantitative estimate of drug-likeness (QED) is 0.433. The molecule has 4 nitrogen and oxygen atoms in total. The van der Waals surface area contributed by atoms with Gasteiger partial charge in [-0.1, -0.05) is 48.6 Å². The van der Waals surface area contributed by atoms with Crippen molar-refractivity contribution in [3.05, 3.63) is 59.7 Å². The number of carboxylic acids is 1. The van der Waals surface area contributed by atoms with Crippen molar-refractivity contribution in [1.29, 1.82) is 0 Å². The number of alkyl halides is 1. The lowest BCUT2D eigenvalue weighted by atomic mass is 9.89. The van der Waals surface area contributed by atoms with Crippen molar-refractivity contribution >= 4 is 5.97 Å². The van der Waals surface area contributed by atoms with E-state index in [1.807, 2.05) is 24.3 Å². The van der Waals surface area contributed by atoms with Crippen molar-refractivity contribution in [2.45, 2.75) is 63.3 Å². The molecule has 0 radical (unpaired) electrons. The molecule has 0 bridgehead atoms. The molecule has 0 aromatic heterocycles. The van der Waals surface area contributed by atoms with Crippen LogP contribution in [-0.4, -0.2) is 39.7 Å².